The maximum absolute atomic E-state index is 10.9. The summed E-state index contributed by atoms with van der Waals surface area (Å²) in [6, 6.07) is 1.72. The van der Waals surface area contributed by atoms with Crippen molar-refractivity contribution in [2.24, 2.45) is 0 Å². The summed E-state index contributed by atoms with van der Waals surface area (Å²) in [6.07, 6.45) is 1.71. The highest BCUT2D eigenvalue weighted by molar-refractivity contribution is 5.74. The van der Waals surface area contributed by atoms with E-state index in [1.807, 2.05) is 0 Å². The lowest BCUT2D eigenvalue weighted by Gasteiger charge is -2.38. The normalized spacial score (nSPS) is 17.2. The number of hydrogen-bond donors (Lipinski definition) is 1. The number of aromatic amines is 1. The number of likely N-dealkylation sites (tertiary alicyclic amines) is 1. The Morgan fingerprint density at radius 1 is 1.62 bits per heavy atom. The Morgan fingerprint density at radius 2 is 2.31 bits per heavy atom. The average Bonchev–Trinajstić information content (AvgIpc) is 2.31. The predicted molar refractivity (Wildman–Crippen MR) is 46.3 cm³/mol. The molecule has 0 saturated carbocycles. The molecular weight excluding hydrogens is 170 g/mol. The fraction of sp³-hybridized carbons (Fsp3) is 0.500. The molecule has 1 aromatic heterocycles. The molecule has 70 valence electrons. The van der Waals surface area contributed by atoms with Gasteiger partial charge in [0.1, 0.15) is 0 Å². The Labute approximate surface area is 74.9 Å². The van der Waals surface area contributed by atoms with Gasteiger partial charge in [-0.1, -0.05) is 0 Å². The van der Waals surface area contributed by atoms with E-state index in [2.05, 4.69) is 5.10 Å². The third-order valence-electron chi connectivity index (χ3n) is 2.33. The summed E-state index contributed by atoms with van der Waals surface area (Å²) in [5.74, 6) is 0.0887. The third kappa shape index (κ3) is 1.37. The average molecular weight is 181 g/mol. The molecule has 0 atom stereocenters. The molecule has 1 amide bonds. The van der Waals surface area contributed by atoms with E-state index in [1.54, 1.807) is 22.7 Å². The predicted octanol–water partition coefficient (Wildman–Crippen LogP) is -0.420. The molecule has 0 aliphatic carbocycles. The lowest BCUT2D eigenvalue weighted by Crippen LogP contribution is -2.50. The SMILES string of the molecule is CC(=O)N1CC(n2ccc(=O)[nH]2)C1. The monoisotopic (exact) mass is 181 g/mol. The summed E-state index contributed by atoms with van der Waals surface area (Å²) < 4.78 is 1.75. The van der Waals surface area contributed by atoms with Crippen LogP contribution in [0.3, 0.4) is 0 Å². The number of aromatic nitrogens is 2. The third-order valence-corrected chi connectivity index (χ3v) is 2.33. The first-order chi connectivity index (χ1) is 6.16. The van der Waals surface area contributed by atoms with E-state index in [-0.39, 0.29) is 17.5 Å². The van der Waals surface area contributed by atoms with Crippen LogP contribution >= 0.6 is 0 Å². The highest BCUT2D eigenvalue weighted by Gasteiger charge is 2.29. The largest absolute Gasteiger partial charge is 0.339 e. The van der Waals surface area contributed by atoms with Crippen molar-refractivity contribution in [2.45, 2.75) is 13.0 Å². The molecule has 1 fully saturated rings. The first kappa shape index (κ1) is 8.10. The van der Waals surface area contributed by atoms with Crippen molar-refractivity contribution >= 4 is 5.91 Å². The van der Waals surface area contributed by atoms with Crippen LogP contribution in [0.1, 0.15) is 13.0 Å². The van der Waals surface area contributed by atoms with Gasteiger partial charge in [-0.15, -0.1) is 0 Å². The van der Waals surface area contributed by atoms with Gasteiger partial charge >= 0.3 is 0 Å². The number of hydrogen-bond acceptors (Lipinski definition) is 2. The zero-order valence-electron chi connectivity index (χ0n) is 7.36. The van der Waals surface area contributed by atoms with Crippen LogP contribution in [0.5, 0.6) is 0 Å². The molecule has 0 radical (unpaired) electrons. The van der Waals surface area contributed by atoms with Gasteiger partial charge in [0, 0.05) is 32.3 Å². The van der Waals surface area contributed by atoms with Gasteiger partial charge in [-0.2, -0.15) is 0 Å². The zero-order chi connectivity index (χ0) is 9.42. The van der Waals surface area contributed by atoms with Crippen LogP contribution in [0.15, 0.2) is 17.1 Å². The Balaban J connectivity index is 2.01. The van der Waals surface area contributed by atoms with Gasteiger partial charge < -0.3 is 4.90 Å². The number of H-pyrrole nitrogens is 1. The fourth-order valence-electron chi connectivity index (χ4n) is 1.45. The summed E-state index contributed by atoms with van der Waals surface area (Å²) in [6.45, 7) is 2.94. The number of nitrogens with zero attached hydrogens (tertiary/aromatic N) is 2. The van der Waals surface area contributed by atoms with Crippen LogP contribution in [0, 0.1) is 0 Å². The van der Waals surface area contributed by atoms with Gasteiger partial charge in [-0.25, -0.2) is 0 Å². The van der Waals surface area contributed by atoms with Crippen molar-refractivity contribution in [1.82, 2.24) is 14.7 Å². The number of carbonyl (C=O) groups is 1. The summed E-state index contributed by atoms with van der Waals surface area (Å²) in [5.41, 5.74) is -0.0960. The van der Waals surface area contributed by atoms with E-state index >= 15 is 0 Å². The molecule has 2 heterocycles. The van der Waals surface area contributed by atoms with Crippen LogP contribution in [0.25, 0.3) is 0 Å². The fourth-order valence-corrected chi connectivity index (χ4v) is 1.45. The first-order valence-corrected chi connectivity index (χ1v) is 4.19. The van der Waals surface area contributed by atoms with Gasteiger partial charge in [0.05, 0.1) is 6.04 Å². The molecule has 0 bridgehead atoms. The van der Waals surface area contributed by atoms with Crippen molar-refractivity contribution in [3.8, 4) is 0 Å². The molecule has 13 heavy (non-hydrogen) atoms. The molecule has 5 nitrogen and oxygen atoms in total. The lowest BCUT2D eigenvalue weighted by molar-refractivity contribution is -0.134. The minimum atomic E-state index is -0.0960. The van der Waals surface area contributed by atoms with E-state index in [0.717, 1.165) is 0 Å². The van der Waals surface area contributed by atoms with Crippen LogP contribution < -0.4 is 5.56 Å². The molecule has 1 N–H and O–H groups in total. The molecular formula is C8H11N3O2. The van der Waals surface area contributed by atoms with E-state index in [4.69, 9.17) is 0 Å². The van der Waals surface area contributed by atoms with Crippen LogP contribution in [-0.4, -0.2) is 33.7 Å². The molecule has 5 heteroatoms. The summed E-state index contributed by atoms with van der Waals surface area (Å²) in [7, 11) is 0. The van der Waals surface area contributed by atoms with E-state index < -0.39 is 0 Å². The van der Waals surface area contributed by atoms with Crippen molar-refractivity contribution in [3.63, 3.8) is 0 Å². The molecule has 1 aliphatic rings. The highest BCUT2D eigenvalue weighted by Crippen LogP contribution is 2.18. The van der Waals surface area contributed by atoms with E-state index in [0.29, 0.717) is 13.1 Å². The Morgan fingerprint density at radius 3 is 2.77 bits per heavy atom. The maximum atomic E-state index is 10.9. The molecule has 1 saturated heterocycles. The van der Waals surface area contributed by atoms with Crippen LogP contribution in [0.4, 0.5) is 0 Å². The van der Waals surface area contributed by atoms with E-state index in [9.17, 15) is 9.59 Å². The topological polar surface area (TPSA) is 58.1 Å². The van der Waals surface area contributed by atoms with Gasteiger partial charge in [-0.3, -0.25) is 19.4 Å². The van der Waals surface area contributed by atoms with Crippen molar-refractivity contribution in [3.05, 3.63) is 22.6 Å². The molecule has 0 unspecified atom stereocenters. The smallest absolute Gasteiger partial charge is 0.264 e. The summed E-state index contributed by atoms with van der Waals surface area (Å²) in [4.78, 5) is 23.4. The lowest BCUT2D eigenvalue weighted by atomic mass is 10.1. The molecule has 1 aliphatic heterocycles. The van der Waals surface area contributed by atoms with Crippen molar-refractivity contribution in [2.75, 3.05) is 13.1 Å². The Bertz CT molecular complexity index is 373. The highest BCUT2D eigenvalue weighted by atomic mass is 16.2. The second kappa shape index (κ2) is 2.76. The second-order valence-electron chi connectivity index (χ2n) is 3.28. The minimum absolute atomic E-state index is 0.0887. The number of rotatable bonds is 1. The summed E-state index contributed by atoms with van der Waals surface area (Å²) in [5, 5.41) is 2.66. The number of amides is 1. The van der Waals surface area contributed by atoms with Gasteiger partial charge in [0.15, 0.2) is 0 Å². The number of nitrogens with one attached hydrogen (secondary N) is 1. The maximum Gasteiger partial charge on any atom is 0.264 e. The van der Waals surface area contributed by atoms with Gasteiger partial charge in [-0.05, 0) is 0 Å². The van der Waals surface area contributed by atoms with Gasteiger partial charge in [0.2, 0.25) is 5.91 Å². The molecule has 1 aromatic rings. The standard InChI is InChI=1S/C8H11N3O2/c1-6(12)10-4-7(5-10)11-3-2-8(13)9-11/h2-3,7H,4-5H2,1H3,(H,9,13). The Hall–Kier alpha value is -1.52. The second-order valence-corrected chi connectivity index (χ2v) is 3.28. The van der Waals surface area contributed by atoms with Crippen molar-refractivity contribution in [1.29, 1.82) is 0 Å². The quantitative estimate of drug-likeness (QED) is 0.639. The summed E-state index contributed by atoms with van der Waals surface area (Å²) >= 11 is 0. The number of carbonyl (C=O) groups excluding carboxylic acids is 1. The molecule has 0 spiro atoms. The minimum Gasteiger partial charge on any atom is -0.339 e. The van der Waals surface area contributed by atoms with Crippen molar-refractivity contribution < 1.29 is 4.79 Å². The zero-order valence-corrected chi connectivity index (χ0v) is 7.36. The van der Waals surface area contributed by atoms with Gasteiger partial charge in [0.25, 0.3) is 5.56 Å². The van der Waals surface area contributed by atoms with E-state index in [1.165, 1.54) is 6.07 Å². The first-order valence-electron chi connectivity index (χ1n) is 4.19. The van der Waals surface area contributed by atoms with Crippen LogP contribution in [-0.2, 0) is 4.79 Å². The molecule has 0 aromatic carbocycles. The molecule has 2 rings (SSSR count). The van der Waals surface area contributed by atoms with Crippen LogP contribution in [0.2, 0.25) is 0 Å². The Kier molecular flexibility index (Phi) is 1.72.